The van der Waals surface area contributed by atoms with Gasteiger partial charge in [-0.15, -0.1) is 0 Å². The van der Waals surface area contributed by atoms with Gasteiger partial charge in [0.2, 0.25) is 0 Å². The minimum Gasteiger partial charge on any atom is -0.478 e. The third-order valence-electron chi connectivity index (χ3n) is 4.00. The molecule has 0 amide bonds. The van der Waals surface area contributed by atoms with E-state index in [-0.39, 0.29) is 11.3 Å². The summed E-state index contributed by atoms with van der Waals surface area (Å²) in [5, 5.41) is 9.07. The van der Waals surface area contributed by atoms with Crippen LogP contribution in [-0.4, -0.2) is 24.2 Å². The van der Waals surface area contributed by atoms with Gasteiger partial charge in [-0.2, -0.15) is 0 Å². The second-order valence-electron chi connectivity index (χ2n) is 5.15. The SMILES string of the molecule is O=C(O)c1cccc(F)c1N1CC2(CCC2)C1. The van der Waals surface area contributed by atoms with E-state index in [1.807, 2.05) is 4.90 Å². The van der Waals surface area contributed by atoms with Gasteiger partial charge in [-0.1, -0.05) is 12.5 Å². The number of hydrogen-bond acceptors (Lipinski definition) is 2. The second kappa shape index (κ2) is 3.45. The molecule has 0 bridgehead atoms. The molecule has 3 nitrogen and oxygen atoms in total. The highest BCUT2D eigenvalue weighted by molar-refractivity contribution is 5.94. The van der Waals surface area contributed by atoms with E-state index in [0.717, 1.165) is 13.1 Å². The summed E-state index contributed by atoms with van der Waals surface area (Å²) < 4.78 is 13.8. The van der Waals surface area contributed by atoms with Gasteiger partial charge in [0.1, 0.15) is 5.82 Å². The fourth-order valence-electron chi connectivity index (χ4n) is 2.92. The lowest BCUT2D eigenvalue weighted by atomic mass is 9.63. The van der Waals surface area contributed by atoms with Gasteiger partial charge >= 0.3 is 5.97 Å². The first-order valence-electron chi connectivity index (χ1n) is 5.88. The summed E-state index contributed by atoms with van der Waals surface area (Å²) in [5.41, 5.74) is 0.689. The molecule has 0 atom stereocenters. The molecule has 2 aliphatic rings. The van der Waals surface area contributed by atoms with E-state index in [4.69, 9.17) is 5.11 Å². The van der Waals surface area contributed by atoms with Gasteiger partial charge in [0.15, 0.2) is 0 Å². The summed E-state index contributed by atoms with van der Waals surface area (Å²) in [6, 6.07) is 4.24. The van der Waals surface area contributed by atoms with Crippen molar-refractivity contribution >= 4 is 11.7 Å². The Morgan fingerprint density at radius 1 is 1.35 bits per heavy atom. The number of carboxylic acids is 1. The second-order valence-corrected chi connectivity index (χ2v) is 5.15. The van der Waals surface area contributed by atoms with Gasteiger partial charge in [-0.3, -0.25) is 0 Å². The number of halogens is 1. The van der Waals surface area contributed by atoms with E-state index in [1.54, 1.807) is 0 Å². The third-order valence-corrected chi connectivity index (χ3v) is 4.00. The van der Waals surface area contributed by atoms with E-state index < -0.39 is 11.8 Å². The Hall–Kier alpha value is -1.58. The van der Waals surface area contributed by atoms with Crippen molar-refractivity contribution in [2.45, 2.75) is 19.3 Å². The van der Waals surface area contributed by atoms with Crippen LogP contribution in [0, 0.1) is 11.2 Å². The number of benzene rings is 1. The zero-order valence-corrected chi connectivity index (χ0v) is 9.45. The van der Waals surface area contributed by atoms with E-state index in [0.29, 0.717) is 5.41 Å². The summed E-state index contributed by atoms with van der Waals surface area (Å²) in [6.07, 6.45) is 3.64. The van der Waals surface area contributed by atoms with Crippen LogP contribution in [0.4, 0.5) is 10.1 Å². The van der Waals surface area contributed by atoms with Crippen molar-refractivity contribution in [2.24, 2.45) is 5.41 Å². The Bertz CT molecular complexity index is 474. The first-order valence-corrected chi connectivity index (χ1v) is 5.88. The highest BCUT2D eigenvalue weighted by Gasteiger charge is 2.48. The van der Waals surface area contributed by atoms with Crippen LogP contribution in [0.25, 0.3) is 0 Å². The van der Waals surface area contributed by atoms with Crippen LogP contribution in [0.1, 0.15) is 29.6 Å². The number of para-hydroxylation sites is 1. The molecule has 1 N–H and O–H groups in total. The van der Waals surface area contributed by atoms with Crippen molar-refractivity contribution in [2.75, 3.05) is 18.0 Å². The maximum absolute atomic E-state index is 13.8. The zero-order valence-electron chi connectivity index (χ0n) is 9.45. The number of aromatic carboxylic acids is 1. The molecule has 2 fully saturated rings. The Balaban J connectivity index is 1.90. The van der Waals surface area contributed by atoms with E-state index in [9.17, 15) is 9.18 Å². The Morgan fingerprint density at radius 2 is 2.06 bits per heavy atom. The average Bonchev–Trinajstić information content (AvgIpc) is 2.15. The van der Waals surface area contributed by atoms with Crippen molar-refractivity contribution in [1.29, 1.82) is 0 Å². The van der Waals surface area contributed by atoms with E-state index in [1.165, 1.54) is 37.5 Å². The van der Waals surface area contributed by atoms with Gasteiger partial charge < -0.3 is 10.0 Å². The van der Waals surface area contributed by atoms with Crippen LogP contribution in [-0.2, 0) is 0 Å². The number of rotatable bonds is 2. The lowest BCUT2D eigenvalue weighted by Gasteiger charge is -2.57. The summed E-state index contributed by atoms with van der Waals surface area (Å²) in [6.45, 7) is 1.60. The summed E-state index contributed by atoms with van der Waals surface area (Å²) in [4.78, 5) is 12.9. The van der Waals surface area contributed by atoms with Gasteiger partial charge in [-0.05, 0) is 25.0 Å². The molecule has 1 spiro atoms. The fourth-order valence-corrected chi connectivity index (χ4v) is 2.92. The highest BCUT2D eigenvalue weighted by atomic mass is 19.1. The molecule has 0 radical (unpaired) electrons. The van der Waals surface area contributed by atoms with Crippen molar-refractivity contribution in [3.05, 3.63) is 29.6 Å². The van der Waals surface area contributed by atoms with Crippen LogP contribution in [0.5, 0.6) is 0 Å². The van der Waals surface area contributed by atoms with Gasteiger partial charge in [0.25, 0.3) is 0 Å². The molecule has 4 heteroatoms. The first kappa shape index (κ1) is 10.6. The minimum atomic E-state index is -1.06. The van der Waals surface area contributed by atoms with E-state index in [2.05, 4.69) is 0 Å². The summed E-state index contributed by atoms with van der Waals surface area (Å²) in [7, 11) is 0. The third kappa shape index (κ3) is 1.51. The highest BCUT2D eigenvalue weighted by Crippen LogP contribution is 2.50. The Kier molecular flexibility index (Phi) is 2.15. The molecule has 3 rings (SSSR count). The molecule has 17 heavy (non-hydrogen) atoms. The molecule has 90 valence electrons. The van der Waals surface area contributed by atoms with Crippen LogP contribution in [0.15, 0.2) is 18.2 Å². The topological polar surface area (TPSA) is 40.5 Å². The van der Waals surface area contributed by atoms with E-state index >= 15 is 0 Å². The maximum Gasteiger partial charge on any atom is 0.337 e. The molecular formula is C13H14FNO2. The smallest absolute Gasteiger partial charge is 0.337 e. The molecule has 1 saturated heterocycles. The Labute approximate surface area is 98.9 Å². The normalized spacial score (nSPS) is 20.9. The molecule has 0 unspecified atom stereocenters. The first-order chi connectivity index (χ1) is 8.11. The van der Waals surface area contributed by atoms with Crippen molar-refractivity contribution in [3.8, 4) is 0 Å². The number of nitrogens with zero attached hydrogens (tertiary/aromatic N) is 1. The lowest BCUT2D eigenvalue weighted by Crippen LogP contribution is -2.60. The summed E-state index contributed by atoms with van der Waals surface area (Å²) >= 11 is 0. The number of anilines is 1. The van der Waals surface area contributed by atoms with Crippen LogP contribution >= 0.6 is 0 Å². The average molecular weight is 235 g/mol. The monoisotopic (exact) mass is 235 g/mol. The zero-order chi connectivity index (χ0) is 12.0. The molecule has 1 aliphatic carbocycles. The molecule has 1 aromatic rings. The molecule has 1 saturated carbocycles. The quantitative estimate of drug-likeness (QED) is 0.856. The molecule has 1 heterocycles. The molecular weight excluding hydrogens is 221 g/mol. The van der Waals surface area contributed by atoms with Gasteiger partial charge in [-0.25, -0.2) is 9.18 Å². The molecule has 1 aromatic carbocycles. The maximum atomic E-state index is 13.8. The predicted octanol–water partition coefficient (Wildman–Crippen LogP) is 2.51. The number of carbonyl (C=O) groups is 1. The molecule has 1 aliphatic heterocycles. The lowest BCUT2D eigenvalue weighted by molar-refractivity contribution is 0.0689. The van der Waals surface area contributed by atoms with Crippen LogP contribution in [0.2, 0.25) is 0 Å². The van der Waals surface area contributed by atoms with Crippen LogP contribution in [0.3, 0.4) is 0 Å². The number of hydrogen-bond donors (Lipinski definition) is 1. The predicted molar refractivity (Wildman–Crippen MR) is 61.9 cm³/mol. The Morgan fingerprint density at radius 3 is 2.59 bits per heavy atom. The van der Waals surface area contributed by atoms with Gasteiger partial charge in [0, 0.05) is 18.5 Å². The van der Waals surface area contributed by atoms with Crippen molar-refractivity contribution in [1.82, 2.24) is 0 Å². The molecule has 0 aromatic heterocycles. The summed E-state index contributed by atoms with van der Waals surface area (Å²) in [5.74, 6) is -1.49. The van der Waals surface area contributed by atoms with Gasteiger partial charge in [0.05, 0.1) is 11.3 Å². The van der Waals surface area contributed by atoms with Crippen molar-refractivity contribution < 1.29 is 14.3 Å². The largest absolute Gasteiger partial charge is 0.478 e. The fraction of sp³-hybridized carbons (Fsp3) is 0.462. The number of carboxylic acid groups (broad SMARTS) is 1. The van der Waals surface area contributed by atoms with Crippen molar-refractivity contribution in [3.63, 3.8) is 0 Å². The van der Waals surface area contributed by atoms with Crippen LogP contribution < -0.4 is 4.90 Å². The standard InChI is InChI=1S/C13H14FNO2/c14-10-4-1-3-9(12(16)17)11(10)15-7-13(8-15)5-2-6-13/h1,3-4H,2,5-8H2,(H,16,17). The minimum absolute atomic E-state index is 0.0687.